The minimum atomic E-state index is -1.30. The highest BCUT2D eigenvalue weighted by Crippen LogP contribution is 2.33. The topological polar surface area (TPSA) is 52.2 Å². The first-order chi connectivity index (χ1) is 9.47. The Morgan fingerprint density at radius 2 is 1.85 bits per heavy atom. The smallest absolute Gasteiger partial charge is 0.123 e. The molecule has 0 aromatic heterocycles. The average Bonchev–Trinajstić information content (AvgIpc) is 2.35. The molecule has 0 heterocycles. The molecule has 6 heteroatoms. The van der Waals surface area contributed by atoms with Crippen molar-refractivity contribution in [2.45, 2.75) is 6.42 Å². The summed E-state index contributed by atoms with van der Waals surface area (Å²) < 4.78 is 13.2. The molecule has 0 saturated carbocycles. The second kappa shape index (κ2) is 6.11. The molecule has 0 unspecified atom stereocenters. The first-order valence-corrected chi connectivity index (χ1v) is 6.42. The number of benzene rings is 2. The van der Waals surface area contributed by atoms with E-state index >= 15 is 0 Å². The number of para-hydroxylation sites is 1. The van der Waals surface area contributed by atoms with E-state index < -0.39 is 18.2 Å². The van der Waals surface area contributed by atoms with E-state index in [1.54, 1.807) is 18.2 Å². The molecule has 0 atom stereocenters. The third kappa shape index (κ3) is 3.40. The van der Waals surface area contributed by atoms with Crippen molar-refractivity contribution in [1.29, 1.82) is 0 Å². The second-order valence-electron chi connectivity index (χ2n) is 4.07. The van der Waals surface area contributed by atoms with Gasteiger partial charge in [-0.3, -0.25) is 0 Å². The number of nitrogens with one attached hydrogen (secondary N) is 1. The Kier molecular flexibility index (Phi) is 4.47. The molecule has 2 aromatic rings. The summed E-state index contributed by atoms with van der Waals surface area (Å²) in [4.78, 5) is 10.7. The second-order valence-corrected chi connectivity index (χ2v) is 4.89. The zero-order valence-corrected chi connectivity index (χ0v) is 11.6. The van der Waals surface area contributed by atoms with Crippen LogP contribution in [0, 0.1) is 5.82 Å². The average molecular weight is 313 g/mol. The van der Waals surface area contributed by atoms with Gasteiger partial charge < -0.3 is 15.2 Å². The van der Waals surface area contributed by atoms with Crippen molar-refractivity contribution in [1.82, 2.24) is 0 Å². The molecule has 0 aliphatic carbocycles. The van der Waals surface area contributed by atoms with Crippen LogP contribution in [0.15, 0.2) is 36.4 Å². The molecule has 0 saturated heterocycles. The van der Waals surface area contributed by atoms with Crippen LogP contribution in [-0.2, 0) is 11.2 Å². The van der Waals surface area contributed by atoms with E-state index in [1.807, 2.05) is 0 Å². The molecule has 0 fully saturated rings. The highest BCUT2D eigenvalue weighted by molar-refractivity contribution is 6.39. The molecule has 2 rings (SSSR count). The number of halogens is 3. The van der Waals surface area contributed by atoms with Crippen molar-refractivity contribution < 1.29 is 14.3 Å². The monoisotopic (exact) mass is 312 g/mol. The Morgan fingerprint density at radius 3 is 2.45 bits per heavy atom. The Bertz CT molecular complexity index is 641. The van der Waals surface area contributed by atoms with Gasteiger partial charge >= 0.3 is 0 Å². The lowest BCUT2D eigenvalue weighted by molar-refractivity contribution is -0.304. The van der Waals surface area contributed by atoms with Gasteiger partial charge in [0, 0.05) is 18.1 Å². The van der Waals surface area contributed by atoms with Crippen molar-refractivity contribution in [2.24, 2.45) is 0 Å². The largest absolute Gasteiger partial charge is 0.550 e. The maximum Gasteiger partial charge on any atom is 0.123 e. The van der Waals surface area contributed by atoms with E-state index in [4.69, 9.17) is 23.2 Å². The van der Waals surface area contributed by atoms with Crippen LogP contribution in [0.2, 0.25) is 10.0 Å². The fourth-order valence-electron chi connectivity index (χ4n) is 1.74. The van der Waals surface area contributed by atoms with Gasteiger partial charge in [0.15, 0.2) is 0 Å². The van der Waals surface area contributed by atoms with Crippen molar-refractivity contribution in [3.05, 3.63) is 57.8 Å². The summed E-state index contributed by atoms with van der Waals surface area (Å²) in [6.45, 7) is 0. The van der Waals surface area contributed by atoms with E-state index in [2.05, 4.69) is 5.32 Å². The van der Waals surface area contributed by atoms with Gasteiger partial charge in [-0.15, -0.1) is 0 Å². The number of carbonyl (C=O) groups excluding carboxylic acids is 1. The number of anilines is 2. The van der Waals surface area contributed by atoms with E-state index in [9.17, 15) is 14.3 Å². The van der Waals surface area contributed by atoms with E-state index in [0.29, 0.717) is 21.4 Å². The van der Waals surface area contributed by atoms with Crippen LogP contribution in [0.3, 0.4) is 0 Å². The van der Waals surface area contributed by atoms with Crippen molar-refractivity contribution in [3.63, 3.8) is 0 Å². The number of rotatable bonds is 4. The molecule has 1 N–H and O–H groups in total. The first-order valence-electron chi connectivity index (χ1n) is 5.66. The molecule has 3 nitrogen and oxygen atoms in total. The Hall–Kier alpha value is -1.78. The lowest BCUT2D eigenvalue weighted by atomic mass is 10.1. The van der Waals surface area contributed by atoms with E-state index in [-0.39, 0.29) is 5.56 Å². The maximum absolute atomic E-state index is 13.2. The van der Waals surface area contributed by atoms with Crippen LogP contribution >= 0.6 is 23.2 Å². The maximum atomic E-state index is 13.2. The minimum Gasteiger partial charge on any atom is -0.550 e. The SMILES string of the molecule is O=C([O-])Cc1cc(F)ccc1Nc1c(Cl)cccc1Cl. The molecule has 0 aliphatic rings. The predicted octanol–water partition coefficient (Wildman–Crippen LogP) is 3.17. The van der Waals surface area contributed by atoms with Crippen LogP contribution in [0.4, 0.5) is 15.8 Å². The number of carboxylic acids is 1. The van der Waals surface area contributed by atoms with Gasteiger partial charge in [0.1, 0.15) is 5.82 Å². The Labute approximate surface area is 124 Å². The molecular formula is C14H9Cl2FNO2-. The molecule has 0 amide bonds. The number of hydrogen-bond donors (Lipinski definition) is 1. The summed E-state index contributed by atoms with van der Waals surface area (Å²) >= 11 is 12.0. The fraction of sp³-hybridized carbons (Fsp3) is 0.0714. The lowest BCUT2D eigenvalue weighted by Gasteiger charge is -2.15. The van der Waals surface area contributed by atoms with Gasteiger partial charge in [-0.1, -0.05) is 29.3 Å². The molecule has 0 bridgehead atoms. The highest BCUT2D eigenvalue weighted by atomic mass is 35.5. The van der Waals surface area contributed by atoms with Crippen LogP contribution in [-0.4, -0.2) is 5.97 Å². The third-order valence-electron chi connectivity index (χ3n) is 2.62. The summed E-state index contributed by atoms with van der Waals surface area (Å²) in [5.41, 5.74) is 1.09. The van der Waals surface area contributed by atoms with Gasteiger partial charge in [0.25, 0.3) is 0 Å². The molecule has 0 radical (unpaired) electrons. The Morgan fingerprint density at radius 1 is 1.20 bits per heavy atom. The van der Waals surface area contributed by atoms with Gasteiger partial charge in [-0.2, -0.15) is 0 Å². The molecule has 0 spiro atoms. The normalized spacial score (nSPS) is 10.3. The van der Waals surface area contributed by atoms with Crippen LogP contribution in [0.1, 0.15) is 5.56 Å². The number of hydrogen-bond acceptors (Lipinski definition) is 3. The minimum absolute atomic E-state index is 0.251. The Balaban J connectivity index is 2.40. The summed E-state index contributed by atoms with van der Waals surface area (Å²) in [7, 11) is 0. The van der Waals surface area contributed by atoms with Gasteiger partial charge in [0.05, 0.1) is 15.7 Å². The van der Waals surface area contributed by atoms with E-state index in [1.165, 1.54) is 12.1 Å². The van der Waals surface area contributed by atoms with Crippen molar-refractivity contribution in [2.75, 3.05) is 5.32 Å². The molecule has 104 valence electrons. The molecule has 0 aliphatic heterocycles. The predicted molar refractivity (Wildman–Crippen MR) is 74.9 cm³/mol. The number of carbonyl (C=O) groups is 1. The van der Waals surface area contributed by atoms with Gasteiger partial charge in [-0.05, 0) is 35.9 Å². The van der Waals surface area contributed by atoms with Crippen LogP contribution in [0.5, 0.6) is 0 Å². The first kappa shape index (κ1) is 14.6. The fourth-order valence-corrected chi connectivity index (χ4v) is 2.23. The summed E-state index contributed by atoms with van der Waals surface area (Å²) in [5.74, 6) is -1.83. The number of carboxylic acid groups (broad SMARTS) is 1. The van der Waals surface area contributed by atoms with Gasteiger partial charge in [-0.25, -0.2) is 4.39 Å². The third-order valence-corrected chi connectivity index (χ3v) is 3.25. The van der Waals surface area contributed by atoms with Crippen LogP contribution in [0.25, 0.3) is 0 Å². The lowest BCUT2D eigenvalue weighted by Crippen LogP contribution is -2.24. The van der Waals surface area contributed by atoms with Crippen molar-refractivity contribution in [3.8, 4) is 0 Å². The molecular weight excluding hydrogens is 304 g/mol. The molecule has 20 heavy (non-hydrogen) atoms. The van der Waals surface area contributed by atoms with Gasteiger partial charge in [0.2, 0.25) is 0 Å². The molecule has 2 aromatic carbocycles. The quantitative estimate of drug-likeness (QED) is 0.943. The zero-order valence-electron chi connectivity index (χ0n) is 10.1. The summed E-state index contributed by atoms with van der Waals surface area (Å²) in [6.07, 6.45) is -0.415. The zero-order chi connectivity index (χ0) is 14.7. The van der Waals surface area contributed by atoms with Crippen molar-refractivity contribution >= 4 is 40.5 Å². The number of aliphatic carboxylic acids is 1. The summed E-state index contributed by atoms with van der Waals surface area (Å²) in [5, 5.41) is 14.4. The van der Waals surface area contributed by atoms with Crippen LogP contribution < -0.4 is 10.4 Å². The summed E-state index contributed by atoms with van der Waals surface area (Å²) in [6, 6.07) is 8.72. The highest BCUT2D eigenvalue weighted by Gasteiger charge is 2.10. The standard InChI is InChI=1S/C14H10Cl2FNO2/c15-10-2-1-3-11(16)14(10)18-12-5-4-9(17)6-8(12)7-13(19)20/h1-6,18H,7H2,(H,19,20)/p-1. The van der Waals surface area contributed by atoms with E-state index in [0.717, 1.165) is 6.07 Å².